The molecule has 1 fully saturated rings. The monoisotopic (exact) mass is 393 g/mol. The maximum atomic E-state index is 14.0. The van der Waals surface area contributed by atoms with Gasteiger partial charge in [-0.2, -0.15) is 16.9 Å². The van der Waals surface area contributed by atoms with E-state index in [0.29, 0.717) is 18.0 Å². The summed E-state index contributed by atoms with van der Waals surface area (Å²) in [5, 5.41) is 6.42. The molecule has 0 aliphatic carbocycles. The van der Waals surface area contributed by atoms with Gasteiger partial charge in [-0.1, -0.05) is 17.7 Å². The first kappa shape index (κ1) is 17.6. The highest BCUT2D eigenvalue weighted by Gasteiger charge is 2.24. The van der Waals surface area contributed by atoms with Crippen LogP contribution in [0.25, 0.3) is 0 Å². The van der Waals surface area contributed by atoms with E-state index in [2.05, 4.69) is 10.0 Å². The summed E-state index contributed by atoms with van der Waals surface area (Å²) >= 11 is 8.47. The number of nitrogens with zero attached hydrogens (tertiary/aromatic N) is 3. The third kappa shape index (κ3) is 3.40. The third-order valence-corrected chi connectivity index (χ3v) is 5.89. The standard InChI is InChI=1S/C19H18ClF2N3S/c20-15-12-13(24-8-10-26-11-9-24)4-5-14(15)18-6-7-25(23-18)19-16(21)2-1-3-17(19)22/h1-5,12H,6-11H2. The van der Waals surface area contributed by atoms with Crippen molar-refractivity contribution in [1.82, 2.24) is 0 Å². The molecule has 0 aromatic heterocycles. The summed E-state index contributed by atoms with van der Waals surface area (Å²) in [6, 6.07) is 9.80. The minimum atomic E-state index is -0.612. The minimum Gasteiger partial charge on any atom is -0.370 e. The fourth-order valence-corrected chi connectivity index (χ4v) is 4.49. The Balaban J connectivity index is 1.60. The molecule has 0 amide bonds. The first-order valence-corrected chi connectivity index (χ1v) is 10.1. The van der Waals surface area contributed by atoms with E-state index in [9.17, 15) is 8.78 Å². The molecule has 3 nitrogen and oxygen atoms in total. The summed E-state index contributed by atoms with van der Waals surface area (Å²) in [5.74, 6) is 1.02. The second-order valence-corrected chi connectivity index (χ2v) is 7.89. The van der Waals surface area contributed by atoms with E-state index in [4.69, 9.17) is 11.6 Å². The van der Waals surface area contributed by atoms with Crippen LogP contribution in [0.3, 0.4) is 0 Å². The van der Waals surface area contributed by atoms with Crippen molar-refractivity contribution in [2.45, 2.75) is 6.42 Å². The van der Waals surface area contributed by atoms with Gasteiger partial charge < -0.3 is 4.90 Å². The Bertz CT molecular complexity index is 832. The van der Waals surface area contributed by atoms with Crippen molar-refractivity contribution >= 4 is 40.4 Å². The lowest BCUT2D eigenvalue weighted by Gasteiger charge is -2.28. The molecule has 0 atom stereocenters. The molecule has 0 spiro atoms. The molecule has 7 heteroatoms. The average Bonchev–Trinajstić information content (AvgIpc) is 3.11. The van der Waals surface area contributed by atoms with Crippen LogP contribution in [0.15, 0.2) is 41.5 Å². The van der Waals surface area contributed by atoms with Gasteiger partial charge in [0.05, 0.1) is 10.7 Å². The van der Waals surface area contributed by atoms with E-state index in [1.165, 1.54) is 23.2 Å². The molecular weight excluding hydrogens is 376 g/mol. The maximum absolute atomic E-state index is 14.0. The van der Waals surface area contributed by atoms with Gasteiger partial charge in [0.15, 0.2) is 11.6 Å². The summed E-state index contributed by atoms with van der Waals surface area (Å²) in [4.78, 5) is 2.32. The van der Waals surface area contributed by atoms with Crippen molar-refractivity contribution in [3.63, 3.8) is 0 Å². The molecule has 2 aliphatic heterocycles. The molecule has 2 aromatic rings. The van der Waals surface area contributed by atoms with Crippen LogP contribution in [-0.2, 0) is 0 Å². The number of benzene rings is 2. The molecular formula is C19H18ClF2N3S. The highest BCUT2D eigenvalue weighted by molar-refractivity contribution is 7.99. The number of hydrazone groups is 1. The van der Waals surface area contributed by atoms with Gasteiger partial charge in [-0.15, -0.1) is 0 Å². The molecule has 4 rings (SSSR count). The number of thioether (sulfide) groups is 1. The molecule has 2 aromatic carbocycles. The Morgan fingerprint density at radius 1 is 1.00 bits per heavy atom. The van der Waals surface area contributed by atoms with Gasteiger partial charge >= 0.3 is 0 Å². The largest absolute Gasteiger partial charge is 0.370 e. The van der Waals surface area contributed by atoms with Gasteiger partial charge in [0.2, 0.25) is 0 Å². The highest BCUT2D eigenvalue weighted by atomic mass is 35.5. The molecule has 136 valence electrons. The first-order valence-electron chi connectivity index (χ1n) is 8.55. The smallest absolute Gasteiger partial charge is 0.151 e. The van der Waals surface area contributed by atoms with Gasteiger partial charge in [-0.3, -0.25) is 5.01 Å². The fraction of sp³-hybridized carbons (Fsp3) is 0.316. The summed E-state index contributed by atoms with van der Waals surface area (Å²) in [5.41, 5.74) is 2.56. The quantitative estimate of drug-likeness (QED) is 0.747. The molecule has 0 radical (unpaired) electrons. The molecule has 0 N–H and O–H groups in total. The molecule has 0 bridgehead atoms. The molecule has 26 heavy (non-hydrogen) atoms. The summed E-state index contributed by atoms with van der Waals surface area (Å²) in [6.45, 7) is 2.46. The molecule has 0 unspecified atom stereocenters. The number of anilines is 2. The zero-order valence-electron chi connectivity index (χ0n) is 14.1. The summed E-state index contributed by atoms with van der Waals surface area (Å²) in [7, 11) is 0. The van der Waals surface area contributed by atoms with Crippen molar-refractivity contribution in [3.8, 4) is 0 Å². The second-order valence-electron chi connectivity index (χ2n) is 6.25. The van der Waals surface area contributed by atoms with Crippen LogP contribution in [0.4, 0.5) is 20.2 Å². The zero-order valence-corrected chi connectivity index (χ0v) is 15.7. The lowest BCUT2D eigenvalue weighted by atomic mass is 10.1. The predicted octanol–water partition coefficient (Wildman–Crippen LogP) is 4.79. The van der Waals surface area contributed by atoms with E-state index < -0.39 is 11.6 Å². The number of rotatable bonds is 3. The Morgan fingerprint density at radius 3 is 2.42 bits per heavy atom. The van der Waals surface area contributed by atoms with E-state index in [0.717, 1.165) is 41.6 Å². The van der Waals surface area contributed by atoms with Gasteiger partial charge in [0.1, 0.15) is 5.69 Å². The molecule has 0 saturated carbocycles. The van der Waals surface area contributed by atoms with Crippen molar-refractivity contribution in [2.24, 2.45) is 5.10 Å². The van der Waals surface area contributed by atoms with Gasteiger partial charge in [-0.05, 0) is 30.3 Å². The third-order valence-electron chi connectivity index (χ3n) is 4.64. The van der Waals surface area contributed by atoms with E-state index in [1.807, 2.05) is 30.0 Å². The van der Waals surface area contributed by atoms with Crippen LogP contribution < -0.4 is 9.91 Å². The fourth-order valence-electron chi connectivity index (χ4n) is 3.30. The summed E-state index contributed by atoms with van der Waals surface area (Å²) in [6.07, 6.45) is 0.590. The van der Waals surface area contributed by atoms with Crippen LogP contribution in [0.2, 0.25) is 5.02 Å². The van der Waals surface area contributed by atoms with Gasteiger partial charge in [-0.25, -0.2) is 8.78 Å². The Hall–Kier alpha value is -1.79. The number of halogens is 3. The summed E-state index contributed by atoms with van der Waals surface area (Å²) < 4.78 is 28.0. The molecule has 2 heterocycles. The minimum absolute atomic E-state index is 0.110. The van der Waals surface area contributed by atoms with E-state index >= 15 is 0 Å². The average molecular weight is 394 g/mol. The van der Waals surface area contributed by atoms with Crippen molar-refractivity contribution in [2.75, 3.05) is 41.0 Å². The number of hydrogen-bond donors (Lipinski definition) is 0. The zero-order chi connectivity index (χ0) is 18.1. The van der Waals surface area contributed by atoms with E-state index in [1.54, 1.807) is 0 Å². The Labute approximate surface area is 160 Å². The number of hydrogen-bond acceptors (Lipinski definition) is 4. The maximum Gasteiger partial charge on any atom is 0.151 e. The predicted molar refractivity (Wildman–Crippen MR) is 106 cm³/mol. The normalized spacial score (nSPS) is 17.6. The van der Waals surface area contributed by atoms with Gasteiger partial charge in [0.25, 0.3) is 0 Å². The Kier molecular flexibility index (Phi) is 5.05. The van der Waals surface area contributed by atoms with Crippen LogP contribution in [0.5, 0.6) is 0 Å². The lowest BCUT2D eigenvalue weighted by Crippen LogP contribution is -2.32. The van der Waals surface area contributed by atoms with Crippen LogP contribution in [-0.4, -0.2) is 36.9 Å². The van der Waals surface area contributed by atoms with E-state index in [-0.39, 0.29) is 5.69 Å². The second kappa shape index (κ2) is 7.45. The van der Waals surface area contributed by atoms with Crippen LogP contribution in [0, 0.1) is 11.6 Å². The topological polar surface area (TPSA) is 18.8 Å². The highest BCUT2D eigenvalue weighted by Crippen LogP contribution is 2.31. The van der Waals surface area contributed by atoms with Crippen molar-refractivity contribution in [1.29, 1.82) is 0 Å². The van der Waals surface area contributed by atoms with Crippen LogP contribution >= 0.6 is 23.4 Å². The molecule has 2 aliphatic rings. The molecule has 1 saturated heterocycles. The first-order chi connectivity index (χ1) is 12.6. The van der Waals surface area contributed by atoms with Crippen LogP contribution in [0.1, 0.15) is 12.0 Å². The van der Waals surface area contributed by atoms with Crippen molar-refractivity contribution in [3.05, 3.63) is 58.6 Å². The van der Waals surface area contributed by atoms with Crippen molar-refractivity contribution < 1.29 is 8.78 Å². The SMILES string of the molecule is Fc1cccc(F)c1N1CCC(c2ccc(N3CCSCC3)cc2Cl)=N1. The van der Waals surface area contributed by atoms with Gasteiger partial charge in [0, 0.05) is 48.8 Å². The Morgan fingerprint density at radius 2 is 1.73 bits per heavy atom. The lowest BCUT2D eigenvalue weighted by molar-refractivity contribution is 0.576. The number of para-hydroxylation sites is 1.